The number of benzene rings is 2. The summed E-state index contributed by atoms with van der Waals surface area (Å²) in [5.41, 5.74) is 3.98. The molecule has 2 aliphatic rings. The maximum Gasteiger partial charge on any atom is 0.320 e. The Morgan fingerprint density at radius 1 is 0.912 bits per heavy atom. The van der Waals surface area contributed by atoms with Gasteiger partial charge in [0.15, 0.2) is 0 Å². The molecule has 0 aromatic heterocycles. The first-order chi connectivity index (χ1) is 16.1. The number of carbonyl (C=O) groups is 2. The molecule has 9 heteroatoms. The number of likely N-dealkylation sites (N-methyl/N-ethyl adjacent to an activating group) is 1. The van der Waals surface area contributed by atoms with E-state index in [0.29, 0.717) is 38.0 Å². The number of hydrogen-bond acceptors (Lipinski definition) is 5. The highest BCUT2D eigenvalue weighted by Crippen LogP contribution is 2.24. The van der Waals surface area contributed by atoms with Gasteiger partial charge in [0.2, 0.25) is 0 Å². The van der Waals surface area contributed by atoms with Gasteiger partial charge in [-0.15, -0.1) is 0 Å². The smallest absolute Gasteiger partial charge is 0.320 e. The van der Waals surface area contributed by atoms with Crippen molar-refractivity contribution in [2.75, 3.05) is 39.5 Å². The van der Waals surface area contributed by atoms with E-state index in [-0.39, 0.29) is 24.5 Å². The average Bonchev–Trinajstić information content (AvgIpc) is 3.47. The Labute approximate surface area is 201 Å². The van der Waals surface area contributed by atoms with E-state index in [2.05, 4.69) is 31.2 Å². The zero-order chi connectivity index (χ0) is 24.5. The highest BCUT2D eigenvalue weighted by molar-refractivity contribution is 7.86. The second-order valence-electron chi connectivity index (χ2n) is 9.19. The number of hydrogen-bond donors (Lipinski definition) is 0. The van der Waals surface area contributed by atoms with Crippen molar-refractivity contribution in [1.29, 1.82) is 0 Å². The van der Waals surface area contributed by atoms with E-state index in [0.717, 1.165) is 17.4 Å². The normalized spacial score (nSPS) is 20.6. The molecule has 0 N–H and O–H groups in total. The molecule has 0 radical (unpaired) electrons. The Morgan fingerprint density at radius 2 is 1.47 bits per heavy atom. The molecule has 0 bridgehead atoms. The van der Waals surface area contributed by atoms with E-state index >= 15 is 0 Å². The molecule has 0 unspecified atom stereocenters. The summed E-state index contributed by atoms with van der Waals surface area (Å²) in [4.78, 5) is 31.1. The second kappa shape index (κ2) is 9.76. The zero-order valence-electron chi connectivity index (χ0n) is 19.8. The third kappa shape index (κ3) is 5.59. The lowest BCUT2D eigenvalue weighted by Crippen LogP contribution is -2.44. The lowest BCUT2D eigenvalue weighted by atomic mass is 10.0. The van der Waals surface area contributed by atoms with Crippen LogP contribution >= 0.6 is 0 Å². The van der Waals surface area contributed by atoms with Crippen LogP contribution in [0.5, 0.6) is 0 Å². The minimum absolute atomic E-state index is 0.0705. The van der Waals surface area contributed by atoms with Crippen molar-refractivity contribution < 1.29 is 22.2 Å². The predicted octanol–water partition coefficient (Wildman–Crippen LogP) is 2.98. The lowest BCUT2D eigenvalue weighted by Gasteiger charge is -2.27. The van der Waals surface area contributed by atoms with Gasteiger partial charge in [0.05, 0.1) is 24.9 Å². The SMILES string of the molecule is Cc1ccc(-c2ccc(C(=O)N(C)[C@H]3CCN(C(=O)N4CC[C@H](OS(C)(=O)=O)C4)C3)cc2)cc1. The van der Waals surface area contributed by atoms with E-state index in [1.165, 1.54) is 5.56 Å². The van der Waals surface area contributed by atoms with Gasteiger partial charge >= 0.3 is 6.03 Å². The summed E-state index contributed by atoms with van der Waals surface area (Å²) in [6.07, 6.45) is 1.72. The van der Waals surface area contributed by atoms with Crippen LogP contribution in [0.15, 0.2) is 48.5 Å². The molecule has 8 nitrogen and oxygen atoms in total. The molecule has 34 heavy (non-hydrogen) atoms. The fourth-order valence-electron chi connectivity index (χ4n) is 4.58. The van der Waals surface area contributed by atoms with E-state index in [9.17, 15) is 18.0 Å². The standard InChI is InChI=1S/C25H31N3O5S/c1-18-4-6-19(7-5-18)20-8-10-21(11-9-20)24(29)26(2)22-12-14-27(16-22)25(30)28-15-13-23(17-28)33-34(3,31)32/h4-11,22-23H,12-17H2,1-3H3/t22-,23-/m0/s1. The van der Waals surface area contributed by atoms with Crippen LogP contribution < -0.4 is 0 Å². The highest BCUT2D eigenvalue weighted by atomic mass is 32.2. The molecular formula is C25H31N3O5S. The number of nitrogens with zero attached hydrogens (tertiary/aromatic N) is 3. The molecule has 2 aliphatic heterocycles. The minimum atomic E-state index is -3.55. The quantitative estimate of drug-likeness (QED) is 0.608. The number of carbonyl (C=O) groups excluding carboxylic acids is 2. The van der Waals surface area contributed by atoms with E-state index in [1.807, 2.05) is 24.3 Å². The van der Waals surface area contributed by atoms with Crippen LogP contribution in [0.1, 0.15) is 28.8 Å². The first-order valence-electron chi connectivity index (χ1n) is 11.5. The molecule has 3 amide bonds. The summed E-state index contributed by atoms with van der Waals surface area (Å²) in [6, 6.07) is 15.7. The van der Waals surface area contributed by atoms with Gasteiger partial charge < -0.3 is 14.7 Å². The molecule has 2 aromatic carbocycles. The van der Waals surface area contributed by atoms with Crippen LogP contribution in [0, 0.1) is 6.92 Å². The predicted molar refractivity (Wildman–Crippen MR) is 130 cm³/mol. The number of urea groups is 1. The zero-order valence-corrected chi connectivity index (χ0v) is 20.6. The van der Waals surface area contributed by atoms with Crippen molar-refractivity contribution in [1.82, 2.24) is 14.7 Å². The number of amides is 3. The van der Waals surface area contributed by atoms with Crippen LogP contribution in [0.4, 0.5) is 4.79 Å². The fraction of sp³-hybridized carbons (Fsp3) is 0.440. The molecule has 0 spiro atoms. The van der Waals surface area contributed by atoms with E-state index in [1.54, 1.807) is 21.7 Å². The summed E-state index contributed by atoms with van der Waals surface area (Å²) in [5.74, 6) is -0.0717. The van der Waals surface area contributed by atoms with Crippen LogP contribution in [0.3, 0.4) is 0 Å². The van der Waals surface area contributed by atoms with Gasteiger partial charge in [-0.25, -0.2) is 4.79 Å². The number of likely N-dealkylation sites (tertiary alicyclic amines) is 2. The molecule has 0 saturated carbocycles. The van der Waals surface area contributed by atoms with Crippen molar-refractivity contribution in [3.05, 3.63) is 59.7 Å². The topological polar surface area (TPSA) is 87.2 Å². The Bertz CT molecular complexity index is 1150. The first kappa shape index (κ1) is 24.2. The third-order valence-corrected chi connectivity index (χ3v) is 7.17. The van der Waals surface area contributed by atoms with Gasteiger partial charge in [-0.1, -0.05) is 42.0 Å². The molecule has 4 rings (SSSR count). The Hall–Kier alpha value is -2.91. The molecular weight excluding hydrogens is 454 g/mol. The van der Waals surface area contributed by atoms with Gasteiger partial charge in [0.1, 0.15) is 0 Å². The van der Waals surface area contributed by atoms with Gasteiger partial charge in [-0.3, -0.25) is 8.98 Å². The van der Waals surface area contributed by atoms with Crippen LogP contribution in [0.2, 0.25) is 0 Å². The molecule has 0 aliphatic carbocycles. The van der Waals surface area contributed by atoms with Crippen molar-refractivity contribution >= 4 is 22.1 Å². The van der Waals surface area contributed by atoms with Gasteiger partial charge in [0, 0.05) is 32.2 Å². The monoisotopic (exact) mass is 485 g/mol. The summed E-state index contributed by atoms with van der Waals surface area (Å²) < 4.78 is 27.7. The first-order valence-corrected chi connectivity index (χ1v) is 13.3. The Balaban J connectivity index is 1.33. The van der Waals surface area contributed by atoms with Crippen molar-refractivity contribution in [2.45, 2.75) is 31.9 Å². The Morgan fingerprint density at radius 3 is 2.09 bits per heavy atom. The van der Waals surface area contributed by atoms with E-state index in [4.69, 9.17) is 4.18 Å². The van der Waals surface area contributed by atoms with Crippen molar-refractivity contribution in [3.63, 3.8) is 0 Å². The summed E-state index contributed by atoms with van der Waals surface area (Å²) in [6.45, 7) is 3.78. The lowest BCUT2D eigenvalue weighted by molar-refractivity contribution is 0.0735. The van der Waals surface area contributed by atoms with Crippen molar-refractivity contribution in [2.24, 2.45) is 0 Å². The minimum Gasteiger partial charge on any atom is -0.337 e. The molecule has 2 atom stereocenters. The Kier molecular flexibility index (Phi) is 6.95. The summed E-state index contributed by atoms with van der Waals surface area (Å²) in [5, 5.41) is 0. The number of aryl methyl sites for hydroxylation is 1. The van der Waals surface area contributed by atoms with E-state index < -0.39 is 16.2 Å². The van der Waals surface area contributed by atoms with Gasteiger partial charge in [-0.2, -0.15) is 8.42 Å². The highest BCUT2D eigenvalue weighted by Gasteiger charge is 2.36. The third-order valence-electron chi connectivity index (χ3n) is 6.55. The number of rotatable bonds is 5. The van der Waals surface area contributed by atoms with Crippen LogP contribution in [0.25, 0.3) is 11.1 Å². The largest absolute Gasteiger partial charge is 0.337 e. The maximum absolute atomic E-state index is 13.1. The average molecular weight is 486 g/mol. The molecule has 2 aromatic rings. The van der Waals surface area contributed by atoms with Gasteiger partial charge in [-0.05, 0) is 43.0 Å². The second-order valence-corrected chi connectivity index (χ2v) is 10.8. The molecule has 182 valence electrons. The maximum atomic E-state index is 13.1. The summed E-state index contributed by atoms with van der Waals surface area (Å²) >= 11 is 0. The molecule has 2 saturated heterocycles. The van der Waals surface area contributed by atoms with Gasteiger partial charge in [0.25, 0.3) is 16.0 Å². The van der Waals surface area contributed by atoms with Crippen LogP contribution in [-0.2, 0) is 14.3 Å². The molecule has 2 fully saturated rings. The summed E-state index contributed by atoms with van der Waals surface area (Å²) in [7, 11) is -1.77. The van der Waals surface area contributed by atoms with Crippen molar-refractivity contribution in [3.8, 4) is 11.1 Å². The van der Waals surface area contributed by atoms with Crippen LogP contribution in [-0.4, -0.2) is 86.7 Å². The fourth-order valence-corrected chi connectivity index (χ4v) is 5.23. The molecule has 2 heterocycles.